The quantitative estimate of drug-likeness (QED) is 0.793. The van der Waals surface area contributed by atoms with E-state index in [9.17, 15) is 4.79 Å². The van der Waals surface area contributed by atoms with Gasteiger partial charge in [-0.1, -0.05) is 17.7 Å². The first kappa shape index (κ1) is 10.6. The number of carboxylic acids is 1. The van der Waals surface area contributed by atoms with E-state index in [1.54, 1.807) is 18.2 Å². The van der Waals surface area contributed by atoms with Gasteiger partial charge in [0.1, 0.15) is 0 Å². The van der Waals surface area contributed by atoms with Crippen LogP contribution in [0.4, 0.5) is 0 Å². The molecule has 1 aromatic rings. The maximum atomic E-state index is 10.4. The number of hydrogen-bond donors (Lipinski definition) is 1. The molecule has 0 atom stereocenters. The van der Waals surface area contributed by atoms with Crippen LogP contribution < -0.4 is 0 Å². The Labute approximate surface area is 84.4 Å². The van der Waals surface area contributed by atoms with Crippen molar-refractivity contribution in [3.8, 4) is 0 Å². The molecule has 0 spiro atoms. The van der Waals surface area contributed by atoms with Crippen LogP contribution in [0.1, 0.15) is 15.9 Å². The van der Waals surface area contributed by atoms with E-state index < -0.39 is 5.97 Å². The smallest absolute Gasteiger partial charge is 0.335 e. The van der Waals surface area contributed by atoms with Gasteiger partial charge in [0.25, 0.3) is 0 Å². The first-order chi connectivity index (χ1) is 4.70. The summed E-state index contributed by atoms with van der Waals surface area (Å²) in [5, 5.41) is 8.51. The third kappa shape index (κ3) is 2.98. The van der Waals surface area contributed by atoms with Gasteiger partial charge in [-0.2, -0.15) is 0 Å². The predicted molar refractivity (Wildman–Crippen MR) is 38.1 cm³/mol. The molecule has 0 saturated carbocycles. The van der Waals surface area contributed by atoms with Crippen LogP contribution in [0.3, 0.4) is 0 Å². The molecular weight excluding hydrogens is 219 g/mol. The molecule has 1 aromatic carbocycles. The van der Waals surface area contributed by atoms with E-state index in [0.29, 0.717) is 5.56 Å². The fourth-order valence-electron chi connectivity index (χ4n) is 0.778. The van der Waals surface area contributed by atoms with Crippen LogP contribution in [0, 0.1) is 6.92 Å². The van der Waals surface area contributed by atoms with Gasteiger partial charge in [-0.15, -0.1) is 0 Å². The Hall–Kier alpha value is -0.427. The van der Waals surface area contributed by atoms with Gasteiger partial charge in [-0.05, 0) is 19.1 Å². The summed E-state index contributed by atoms with van der Waals surface area (Å²) in [6.07, 6.45) is 0. The van der Waals surface area contributed by atoms with Gasteiger partial charge in [0.2, 0.25) is 0 Å². The average Bonchev–Trinajstić information content (AvgIpc) is 1.88. The van der Waals surface area contributed by atoms with Gasteiger partial charge >= 0.3 is 5.97 Å². The Morgan fingerprint density at radius 1 is 1.45 bits per heavy atom. The largest absolute Gasteiger partial charge is 0.478 e. The summed E-state index contributed by atoms with van der Waals surface area (Å²) in [6.45, 7) is 1.87. The molecule has 0 amide bonds. The van der Waals surface area contributed by atoms with Gasteiger partial charge in [-0.25, -0.2) is 4.79 Å². The summed E-state index contributed by atoms with van der Waals surface area (Å²) >= 11 is 0. The topological polar surface area (TPSA) is 37.3 Å². The number of benzene rings is 1. The van der Waals surface area contributed by atoms with Crippen molar-refractivity contribution in [1.82, 2.24) is 0 Å². The minimum absolute atomic E-state index is 0. The molecule has 56 valence electrons. The van der Waals surface area contributed by atoms with Gasteiger partial charge < -0.3 is 5.11 Å². The van der Waals surface area contributed by atoms with Crippen molar-refractivity contribution in [3.05, 3.63) is 35.4 Å². The third-order valence-electron chi connectivity index (χ3n) is 1.27. The molecule has 2 nitrogen and oxygen atoms in total. The van der Waals surface area contributed by atoms with E-state index in [1.807, 2.05) is 13.0 Å². The summed E-state index contributed by atoms with van der Waals surface area (Å²) in [5.74, 6) is -0.872. The zero-order valence-electron chi connectivity index (χ0n) is 6.16. The fraction of sp³-hybridized carbons (Fsp3) is 0.125. The van der Waals surface area contributed by atoms with Crippen molar-refractivity contribution >= 4 is 5.97 Å². The molecule has 0 aliphatic rings. The second kappa shape index (κ2) is 4.45. The van der Waals surface area contributed by atoms with Crippen molar-refractivity contribution in [3.63, 3.8) is 0 Å². The van der Waals surface area contributed by atoms with E-state index in [0.717, 1.165) is 5.56 Å². The summed E-state index contributed by atoms with van der Waals surface area (Å²) in [7, 11) is 0. The number of carboxylic acid groups (broad SMARTS) is 1. The van der Waals surface area contributed by atoms with Gasteiger partial charge in [-0.3, -0.25) is 0 Å². The Bertz CT molecular complexity index is 258. The van der Waals surface area contributed by atoms with Crippen molar-refractivity contribution in [1.29, 1.82) is 0 Å². The maximum absolute atomic E-state index is 10.4. The number of rotatable bonds is 1. The van der Waals surface area contributed by atoms with E-state index in [-0.39, 0.29) is 26.2 Å². The summed E-state index contributed by atoms with van der Waals surface area (Å²) in [5.41, 5.74) is 1.32. The molecular formula is C8H8O2Zr. The van der Waals surface area contributed by atoms with Crippen molar-refractivity contribution in [2.75, 3.05) is 0 Å². The normalized spacial score (nSPS) is 8.45. The molecule has 0 aliphatic heterocycles. The molecule has 0 unspecified atom stereocenters. The molecule has 0 aliphatic carbocycles. The molecule has 0 saturated heterocycles. The van der Waals surface area contributed by atoms with Crippen molar-refractivity contribution in [2.45, 2.75) is 6.92 Å². The van der Waals surface area contributed by atoms with E-state index >= 15 is 0 Å². The molecule has 0 aromatic heterocycles. The van der Waals surface area contributed by atoms with E-state index in [1.165, 1.54) is 0 Å². The molecule has 11 heavy (non-hydrogen) atoms. The molecule has 0 bridgehead atoms. The number of hydrogen-bond acceptors (Lipinski definition) is 1. The van der Waals surface area contributed by atoms with Crippen LogP contribution in [0.5, 0.6) is 0 Å². The predicted octanol–water partition coefficient (Wildman–Crippen LogP) is 1.69. The standard InChI is InChI=1S/C8H8O2.Zr/c1-6-3-2-4-7(5-6)8(9)10;/h2-5H,1H3,(H,9,10);. The van der Waals surface area contributed by atoms with Gasteiger partial charge in [0, 0.05) is 26.2 Å². The van der Waals surface area contributed by atoms with Gasteiger partial charge in [0.05, 0.1) is 5.56 Å². The Balaban J connectivity index is 0.000001000. The van der Waals surface area contributed by atoms with E-state index in [2.05, 4.69) is 0 Å². The minimum Gasteiger partial charge on any atom is -0.478 e. The van der Waals surface area contributed by atoms with Crippen LogP contribution in [-0.4, -0.2) is 11.1 Å². The molecule has 1 N–H and O–H groups in total. The van der Waals surface area contributed by atoms with Crippen LogP contribution >= 0.6 is 0 Å². The fourth-order valence-corrected chi connectivity index (χ4v) is 0.778. The van der Waals surface area contributed by atoms with E-state index in [4.69, 9.17) is 5.11 Å². The van der Waals surface area contributed by atoms with Gasteiger partial charge in [0.15, 0.2) is 0 Å². The molecule has 1 rings (SSSR count). The Morgan fingerprint density at radius 3 is 2.45 bits per heavy atom. The average molecular weight is 227 g/mol. The second-order valence-corrected chi connectivity index (χ2v) is 2.17. The molecule has 0 heterocycles. The second-order valence-electron chi connectivity index (χ2n) is 2.17. The molecule has 0 radical (unpaired) electrons. The summed E-state index contributed by atoms with van der Waals surface area (Å²) in [4.78, 5) is 10.4. The zero-order chi connectivity index (χ0) is 7.56. The molecule has 3 heteroatoms. The third-order valence-corrected chi connectivity index (χ3v) is 1.27. The number of aryl methyl sites for hydroxylation is 1. The monoisotopic (exact) mass is 226 g/mol. The maximum Gasteiger partial charge on any atom is 0.335 e. The summed E-state index contributed by atoms with van der Waals surface area (Å²) < 4.78 is 0. The first-order valence-corrected chi connectivity index (χ1v) is 3.00. The van der Waals surface area contributed by atoms with Crippen LogP contribution in [0.15, 0.2) is 24.3 Å². The first-order valence-electron chi connectivity index (χ1n) is 3.00. The SMILES string of the molecule is Cc1cccc(C(=O)O)c1.[Zr]. The molecule has 0 fully saturated rings. The van der Waals surface area contributed by atoms with Crippen molar-refractivity contribution in [2.24, 2.45) is 0 Å². The van der Waals surface area contributed by atoms with Crippen LogP contribution in [0.2, 0.25) is 0 Å². The zero-order valence-corrected chi connectivity index (χ0v) is 8.62. The Morgan fingerprint density at radius 2 is 2.09 bits per heavy atom. The van der Waals surface area contributed by atoms with Crippen LogP contribution in [0.25, 0.3) is 0 Å². The summed E-state index contributed by atoms with van der Waals surface area (Å²) in [6, 6.07) is 6.82. The minimum atomic E-state index is -0.872. The Kier molecular flexibility index (Phi) is 4.28. The number of aromatic carboxylic acids is 1. The van der Waals surface area contributed by atoms with Crippen molar-refractivity contribution < 1.29 is 36.1 Å². The van der Waals surface area contributed by atoms with Crippen LogP contribution in [-0.2, 0) is 26.2 Å². The number of carbonyl (C=O) groups is 1.